The molecule has 0 aromatic carbocycles. The largest absolute Gasteiger partial charge is 0.394 e. The van der Waals surface area contributed by atoms with Gasteiger partial charge in [0.25, 0.3) is 0 Å². The predicted octanol–water partition coefficient (Wildman–Crippen LogP) is 19.4. The molecule has 0 saturated carbocycles. The van der Waals surface area contributed by atoms with E-state index in [1.165, 1.54) is 96.3 Å². The number of aliphatic hydroxyl groups is 2. The molecule has 4 nitrogen and oxygen atoms in total. The summed E-state index contributed by atoms with van der Waals surface area (Å²) in [6.07, 6.45) is 95.4. The first-order valence-electron chi connectivity index (χ1n) is 28.7. The average Bonchev–Trinajstić information content (AvgIpc) is 3.36. The molecule has 0 aliphatic carbocycles. The lowest BCUT2D eigenvalue weighted by Gasteiger charge is -2.19. The van der Waals surface area contributed by atoms with Crippen molar-refractivity contribution in [1.29, 1.82) is 0 Å². The van der Waals surface area contributed by atoms with Gasteiger partial charge in [-0.25, -0.2) is 0 Å². The Balaban J connectivity index is 3.71. The summed E-state index contributed by atoms with van der Waals surface area (Å²) < 4.78 is 0. The highest BCUT2D eigenvalue weighted by Crippen LogP contribution is 2.14. The molecule has 0 fully saturated rings. The molecule has 0 radical (unpaired) electrons. The zero-order chi connectivity index (χ0) is 50.6. The fraction of sp³-hybridized carbons (Fsp3) is 0.591. The molecule has 70 heavy (non-hydrogen) atoms. The van der Waals surface area contributed by atoms with Gasteiger partial charge in [0.1, 0.15) is 0 Å². The van der Waals surface area contributed by atoms with E-state index in [0.29, 0.717) is 6.42 Å². The molecule has 0 aliphatic rings. The maximum Gasteiger partial charge on any atom is 0.220 e. The van der Waals surface area contributed by atoms with Gasteiger partial charge < -0.3 is 15.5 Å². The maximum atomic E-state index is 12.5. The Labute approximate surface area is 433 Å². The van der Waals surface area contributed by atoms with Gasteiger partial charge in [-0.05, 0) is 116 Å². The summed E-state index contributed by atoms with van der Waals surface area (Å²) in [6, 6.07) is -0.662. The highest BCUT2D eigenvalue weighted by Gasteiger charge is 2.17. The van der Waals surface area contributed by atoms with Crippen molar-refractivity contribution in [3.63, 3.8) is 0 Å². The third kappa shape index (κ3) is 54.9. The van der Waals surface area contributed by atoms with Crippen molar-refractivity contribution in [2.24, 2.45) is 0 Å². The Hall–Kier alpha value is -3.99. The minimum Gasteiger partial charge on any atom is -0.394 e. The molecule has 0 heterocycles. The molecule has 0 spiro atoms. The monoisotopic (exact) mass is 962 g/mol. The topological polar surface area (TPSA) is 69.6 Å². The molecule has 2 unspecified atom stereocenters. The first kappa shape index (κ1) is 66.0. The number of hydrogen-bond donors (Lipinski definition) is 3. The molecular formula is C66H107NO3. The quantitative estimate of drug-likeness (QED) is 0.0420. The minimum atomic E-state index is -0.882. The van der Waals surface area contributed by atoms with Gasteiger partial charge in [0.2, 0.25) is 5.91 Å². The van der Waals surface area contributed by atoms with Crippen LogP contribution in [0.15, 0.2) is 158 Å². The van der Waals surface area contributed by atoms with Crippen LogP contribution in [-0.4, -0.2) is 34.9 Å². The van der Waals surface area contributed by atoms with E-state index in [-0.39, 0.29) is 12.5 Å². The van der Waals surface area contributed by atoms with Crippen LogP contribution in [0.5, 0.6) is 0 Å². The van der Waals surface area contributed by atoms with Crippen LogP contribution in [0.2, 0.25) is 0 Å². The number of unbranched alkanes of at least 4 members (excludes halogenated alkanes) is 19. The maximum absolute atomic E-state index is 12.5. The van der Waals surface area contributed by atoms with Crippen LogP contribution in [0.4, 0.5) is 0 Å². The van der Waals surface area contributed by atoms with Crippen molar-refractivity contribution in [1.82, 2.24) is 5.32 Å². The molecule has 2 atom stereocenters. The highest BCUT2D eigenvalue weighted by molar-refractivity contribution is 5.76. The summed E-state index contributed by atoms with van der Waals surface area (Å²) in [5.74, 6) is -0.0988. The first-order chi connectivity index (χ1) is 34.7. The number of aliphatic hydroxyl groups excluding tert-OH is 2. The number of carbonyl (C=O) groups is 1. The fourth-order valence-electron chi connectivity index (χ4n) is 7.67. The molecule has 1 amide bonds. The summed E-state index contributed by atoms with van der Waals surface area (Å²) in [4.78, 5) is 12.5. The number of allylic oxidation sites excluding steroid dienone is 25. The van der Waals surface area contributed by atoms with Gasteiger partial charge >= 0.3 is 0 Å². The Morgan fingerprint density at radius 1 is 0.357 bits per heavy atom. The summed E-state index contributed by atoms with van der Waals surface area (Å²) in [7, 11) is 0. The molecule has 0 aromatic heterocycles. The third-order valence-corrected chi connectivity index (χ3v) is 12.0. The third-order valence-electron chi connectivity index (χ3n) is 12.0. The van der Waals surface area contributed by atoms with E-state index >= 15 is 0 Å². The van der Waals surface area contributed by atoms with Crippen LogP contribution in [0.1, 0.15) is 232 Å². The van der Waals surface area contributed by atoms with Gasteiger partial charge in [-0.1, -0.05) is 268 Å². The van der Waals surface area contributed by atoms with Crippen LogP contribution in [0.3, 0.4) is 0 Å². The Morgan fingerprint density at radius 3 is 1.00 bits per heavy atom. The van der Waals surface area contributed by atoms with E-state index < -0.39 is 12.1 Å². The lowest BCUT2D eigenvalue weighted by atomic mass is 10.0. The normalized spacial score (nSPS) is 14.1. The van der Waals surface area contributed by atoms with Gasteiger partial charge in [0, 0.05) is 6.42 Å². The lowest BCUT2D eigenvalue weighted by Crippen LogP contribution is -2.45. The molecule has 0 rings (SSSR count). The van der Waals surface area contributed by atoms with Crippen LogP contribution in [0.25, 0.3) is 0 Å². The SMILES string of the molecule is CC/C=C\C/C=C\C/C=C\C/C=C\C/C=C\C/C=C\C/C=C\C/C=C\C/C=C\C/C=C\C/C=C\CCCCCCCC(=O)NC(CO)C(O)/C=C/CC/C=C/CCCCCCCCCCCCCCC. The van der Waals surface area contributed by atoms with Crippen molar-refractivity contribution >= 4 is 5.91 Å². The summed E-state index contributed by atoms with van der Waals surface area (Å²) in [5, 5.41) is 23.1. The van der Waals surface area contributed by atoms with E-state index in [4.69, 9.17) is 0 Å². The van der Waals surface area contributed by atoms with Crippen molar-refractivity contribution in [3.8, 4) is 0 Å². The van der Waals surface area contributed by atoms with Crippen molar-refractivity contribution in [3.05, 3.63) is 158 Å². The number of carbonyl (C=O) groups excluding carboxylic acids is 1. The lowest BCUT2D eigenvalue weighted by molar-refractivity contribution is -0.123. The second-order valence-electron chi connectivity index (χ2n) is 18.6. The van der Waals surface area contributed by atoms with Crippen LogP contribution in [-0.2, 0) is 4.79 Å². The average molecular weight is 963 g/mol. The van der Waals surface area contributed by atoms with E-state index in [0.717, 1.165) is 116 Å². The molecule has 0 aliphatic heterocycles. The standard InChI is InChI=1S/C66H107NO3/c1-3-5-7-9-11-13-15-17-19-21-23-24-25-26-27-28-29-30-31-32-33-34-35-36-37-38-39-40-41-42-44-46-48-50-52-54-56-58-60-62-66(70)67-64(63-68)65(69)61-59-57-55-53-51-49-47-45-43-22-20-18-16-14-12-10-8-6-4-2/h5,7,11,13,17,19,23-24,26-27,29-30,32-33,35-36,38-39,41-42,46,48,51,53,59,61,64-65,68-69H,3-4,6,8-10,12,14-16,18,20-22,25,28,31,34,37,40,43-45,47,49-50,52,54-58,60,62-63H2,1-2H3,(H,67,70)/b7-5-,13-11-,19-17-,24-23-,27-26-,30-29-,33-32-,36-35-,39-38-,42-41-,48-46-,53-51+,61-59+. The zero-order valence-corrected chi connectivity index (χ0v) is 45.2. The molecule has 0 aromatic rings. The zero-order valence-electron chi connectivity index (χ0n) is 45.2. The van der Waals surface area contributed by atoms with Gasteiger partial charge in [-0.15, -0.1) is 0 Å². The molecule has 4 heteroatoms. The van der Waals surface area contributed by atoms with Crippen LogP contribution in [0, 0.1) is 0 Å². The smallest absolute Gasteiger partial charge is 0.220 e. The molecule has 394 valence electrons. The Bertz CT molecular complexity index is 1510. The van der Waals surface area contributed by atoms with Crippen molar-refractivity contribution < 1.29 is 15.0 Å². The summed E-state index contributed by atoms with van der Waals surface area (Å²) >= 11 is 0. The first-order valence-corrected chi connectivity index (χ1v) is 28.7. The molecule has 3 N–H and O–H groups in total. The Kier molecular flexibility index (Phi) is 55.9. The second kappa shape index (κ2) is 59.3. The van der Waals surface area contributed by atoms with Crippen LogP contribution >= 0.6 is 0 Å². The van der Waals surface area contributed by atoms with Crippen LogP contribution < -0.4 is 5.32 Å². The summed E-state index contributed by atoms with van der Waals surface area (Å²) in [5.41, 5.74) is 0. The molecule has 0 bridgehead atoms. The van der Waals surface area contributed by atoms with E-state index in [2.05, 4.69) is 165 Å². The number of rotatable bonds is 50. The van der Waals surface area contributed by atoms with E-state index in [1.54, 1.807) is 6.08 Å². The molecular weight excluding hydrogens is 855 g/mol. The second-order valence-corrected chi connectivity index (χ2v) is 18.6. The van der Waals surface area contributed by atoms with E-state index in [9.17, 15) is 15.0 Å². The van der Waals surface area contributed by atoms with Crippen molar-refractivity contribution in [2.75, 3.05) is 6.61 Å². The summed E-state index contributed by atoms with van der Waals surface area (Å²) in [6.45, 7) is 4.17. The highest BCUT2D eigenvalue weighted by atomic mass is 16.3. The minimum absolute atomic E-state index is 0.0988. The van der Waals surface area contributed by atoms with Gasteiger partial charge in [0.05, 0.1) is 18.8 Å². The van der Waals surface area contributed by atoms with Gasteiger partial charge in [-0.3, -0.25) is 4.79 Å². The fourth-order valence-corrected chi connectivity index (χ4v) is 7.67. The number of amides is 1. The van der Waals surface area contributed by atoms with E-state index in [1.807, 2.05) is 6.08 Å². The Morgan fingerprint density at radius 2 is 0.643 bits per heavy atom. The van der Waals surface area contributed by atoms with Crippen molar-refractivity contribution in [2.45, 2.75) is 244 Å². The van der Waals surface area contributed by atoms with Gasteiger partial charge in [-0.2, -0.15) is 0 Å². The number of hydrogen-bond acceptors (Lipinski definition) is 3. The number of nitrogens with one attached hydrogen (secondary N) is 1. The predicted molar refractivity (Wildman–Crippen MR) is 312 cm³/mol. The van der Waals surface area contributed by atoms with Gasteiger partial charge in [0.15, 0.2) is 0 Å². The molecule has 0 saturated heterocycles.